The molecule has 1 unspecified atom stereocenters. The number of amides is 1. The molecule has 1 aromatic carbocycles. The molecule has 2 heterocycles. The van der Waals surface area contributed by atoms with Gasteiger partial charge in [-0.25, -0.2) is 0 Å². The first kappa shape index (κ1) is 12.4. The van der Waals surface area contributed by atoms with Gasteiger partial charge in [-0.1, -0.05) is 18.2 Å². The van der Waals surface area contributed by atoms with Crippen LogP contribution in [0.3, 0.4) is 0 Å². The van der Waals surface area contributed by atoms with Crippen molar-refractivity contribution < 1.29 is 4.79 Å². The van der Waals surface area contributed by atoms with Gasteiger partial charge in [0.15, 0.2) is 0 Å². The highest BCUT2D eigenvalue weighted by Gasteiger charge is 2.22. The molecule has 1 aliphatic heterocycles. The lowest BCUT2D eigenvalue weighted by Crippen LogP contribution is -2.39. The highest BCUT2D eigenvalue weighted by Crippen LogP contribution is 2.21. The fraction of sp³-hybridized carbons (Fsp3) is 0.267. The van der Waals surface area contributed by atoms with E-state index in [4.69, 9.17) is 0 Å². The number of carbonyl (C=O) groups excluding carboxylic acids is 1. The van der Waals surface area contributed by atoms with Gasteiger partial charge in [0.05, 0.1) is 6.04 Å². The van der Waals surface area contributed by atoms with Crippen LogP contribution in [0.15, 0.2) is 41.1 Å². The normalized spacial score (nSPS) is 18.5. The van der Waals surface area contributed by atoms with Crippen LogP contribution in [0.5, 0.6) is 0 Å². The summed E-state index contributed by atoms with van der Waals surface area (Å²) in [4.78, 5) is 12.2. The summed E-state index contributed by atoms with van der Waals surface area (Å²) in [6.07, 6.45) is 1.77. The lowest BCUT2D eigenvalue weighted by molar-refractivity contribution is -0.118. The van der Waals surface area contributed by atoms with Crippen LogP contribution in [0.1, 0.15) is 17.5 Å². The molecule has 4 heteroatoms. The predicted octanol–water partition coefficient (Wildman–Crippen LogP) is 2.79. The molecule has 0 fully saturated rings. The SMILES string of the molecule is O=C1Nc2ccccc2CCC1NCc1ccsc1. The molecule has 0 bridgehead atoms. The van der Waals surface area contributed by atoms with E-state index in [0.717, 1.165) is 25.1 Å². The summed E-state index contributed by atoms with van der Waals surface area (Å²) in [5, 5.41) is 10.5. The second-order valence-corrected chi connectivity index (χ2v) is 5.53. The monoisotopic (exact) mass is 272 g/mol. The van der Waals surface area contributed by atoms with Gasteiger partial charge in [0.1, 0.15) is 0 Å². The second kappa shape index (κ2) is 5.55. The van der Waals surface area contributed by atoms with Crippen LogP contribution in [0.25, 0.3) is 0 Å². The maximum absolute atomic E-state index is 12.2. The van der Waals surface area contributed by atoms with Crippen molar-refractivity contribution in [2.24, 2.45) is 0 Å². The molecule has 2 N–H and O–H groups in total. The molecule has 0 aliphatic carbocycles. The first-order valence-electron chi connectivity index (χ1n) is 6.46. The molecule has 19 heavy (non-hydrogen) atoms. The molecule has 3 rings (SSSR count). The molecule has 0 saturated carbocycles. The number of aryl methyl sites for hydroxylation is 1. The van der Waals surface area contributed by atoms with Crippen LogP contribution in [0.4, 0.5) is 5.69 Å². The number of thiophene rings is 1. The highest BCUT2D eigenvalue weighted by atomic mass is 32.1. The summed E-state index contributed by atoms with van der Waals surface area (Å²) in [6, 6.07) is 9.99. The molecule has 0 spiro atoms. The standard InChI is InChI=1S/C15H16N2OS/c18-15-14(16-9-11-7-8-19-10-11)6-5-12-3-1-2-4-13(12)17-15/h1-4,7-8,10,14,16H,5-6,9H2,(H,17,18). The number of nitrogens with one attached hydrogen (secondary N) is 2. The fourth-order valence-electron chi connectivity index (χ4n) is 2.34. The van der Waals surface area contributed by atoms with Crippen molar-refractivity contribution in [1.82, 2.24) is 5.32 Å². The van der Waals surface area contributed by atoms with Crippen LogP contribution < -0.4 is 10.6 Å². The quantitative estimate of drug-likeness (QED) is 0.902. The number of carbonyl (C=O) groups is 1. The summed E-state index contributed by atoms with van der Waals surface area (Å²) < 4.78 is 0. The zero-order valence-electron chi connectivity index (χ0n) is 10.6. The lowest BCUT2D eigenvalue weighted by Gasteiger charge is -2.14. The minimum atomic E-state index is -0.118. The summed E-state index contributed by atoms with van der Waals surface area (Å²) >= 11 is 1.68. The van der Waals surface area contributed by atoms with E-state index in [1.54, 1.807) is 11.3 Å². The Labute approximate surface area is 116 Å². The van der Waals surface area contributed by atoms with E-state index < -0.39 is 0 Å². The molecule has 1 amide bonds. The van der Waals surface area contributed by atoms with Crippen LogP contribution in [-0.4, -0.2) is 11.9 Å². The lowest BCUT2D eigenvalue weighted by atomic mass is 10.1. The minimum Gasteiger partial charge on any atom is -0.324 e. The third kappa shape index (κ3) is 2.85. The van der Waals surface area contributed by atoms with Crippen LogP contribution in [0, 0.1) is 0 Å². The molecule has 1 aromatic heterocycles. The van der Waals surface area contributed by atoms with E-state index in [-0.39, 0.29) is 11.9 Å². The van der Waals surface area contributed by atoms with E-state index in [2.05, 4.69) is 33.5 Å². The maximum Gasteiger partial charge on any atom is 0.241 e. The number of rotatable bonds is 3. The Balaban J connectivity index is 1.67. The predicted molar refractivity (Wildman–Crippen MR) is 78.3 cm³/mol. The van der Waals surface area contributed by atoms with E-state index in [9.17, 15) is 4.79 Å². The number of para-hydroxylation sites is 1. The zero-order chi connectivity index (χ0) is 13.1. The topological polar surface area (TPSA) is 41.1 Å². The molecule has 2 aromatic rings. The molecule has 1 aliphatic rings. The summed E-state index contributed by atoms with van der Waals surface area (Å²) in [6.45, 7) is 0.748. The number of benzene rings is 1. The van der Waals surface area contributed by atoms with Crippen molar-refractivity contribution in [3.63, 3.8) is 0 Å². The Hall–Kier alpha value is -1.65. The van der Waals surface area contributed by atoms with Crippen molar-refractivity contribution in [3.05, 3.63) is 52.2 Å². The molecule has 0 saturated heterocycles. The second-order valence-electron chi connectivity index (χ2n) is 4.75. The van der Waals surface area contributed by atoms with Gasteiger partial charge < -0.3 is 10.6 Å². The van der Waals surface area contributed by atoms with Gasteiger partial charge in [-0.05, 0) is 46.9 Å². The summed E-state index contributed by atoms with van der Waals surface area (Å²) in [5.41, 5.74) is 3.41. The maximum atomic E-state index is 12.2. The van der Waals surface area contributed by atoms with Crippen LogP contribution in [0.2, 0.25) is 0 Å². The number of hydrogen-bond acceptors (Lipinski definition) is 3. The van der Waals surface area contributed by atoms with Crippen molar-refractivity contribution >= 4 is 22.9 Å². The van der Waals surface area contributed by atoms with E-state index >= 15 is 0 Å². The largest absolute Gasteiger partial charge is 0.324 e. The average Bonchev–Trinajstić information content (AvgIpc) is 2.88. The molecule has 3 nitrogen and oxygen atoms in total. The fourth-order valence-corrected chi connectivity index (χ4v) is 3.01. The molecular weight excluding hydrogens is 256 g/mol. The Morgan fingerprint density at radius 3 is 3.05 bits per heavy atom. The van der Waals surface area contributed by atoms with Crippen molar-refractivity contribution in [2.45, 2.75) is 25.4 Å². The molecular formula is C15H16N2OS. The van der Waals surface area contributed by atoms with Gasteiger partial charge in [-0.2, -0.15) is 11.3 Å². The average molecular weight is 272 g/mol. The third-order valence-corrected chi connectivity index (χ3v) is 4.16. The minimum absolute atomic E-state index is 0.0696. The van der Waals surface area contributed by atoms with Gasteiger partial charge in [-0.15, -0.1) is 0 Å². The summed E-state index contributed by atoms with van der Waals surface area (Å²) in [7, 11) is 0. The van der Waals surface area contributed by atoms with Gasteiger partial charge in [0, 0.05) is 12.2 Å². The molecule has 1 atom stereocenters. The van der Waals surface area contributed by atoms with Gasteiger partial charge in [0.2, 0.25) is 5.91 Å². The van der Waals surface area contributed by atoms with E-state index in [1.807, 2.05) is 18.2 Å². The van der Waals surface area contributed by atoms with Gasteiger partial charge in [-0.3, -0.25) is 4.79 Å². The third-order valence-electron chi connectivity index (χ3n) is 3.43. The highest BCUT2D eigenvalue weighted by molar-refractivity contribution is 7.07. The number of anilines is 1. The van der Waals surface area contributed by atoms with Gasteiger partial charge in [0.25, 0.3) is 0 Å². The Bertz CT molecular complexity index is 563. The Morgan fingerprint density at radius 1 is 1.32 bits per heavy atom. The Kier molecular flexibility index (Phi) is 3.62. The summed E-state index contributed by atoms with van der Waals surface area (Å²) in [5.74, 6) is 0.0696. The van der Waals surface area contributed by atoms with Crippen molar-refractivity contribution in [2.75, 3.05) is 5.32 Å². The Morgan fingerprint density at radius 2 is 2.21 bits per heavy atom. The first-order valence-corrected chi connectivity index (χ1v) is 7.40. The van der Waals surface area contributed by atoms with Crippen molar-refractivity contribution in [1.29, 1.82) is 0 Å². The smallest absolute Gasteiger partial charge is 0.241 e. The van der Waals surface area contributed by atoms with Crippen LogP contribution in [-0.2, 0) is 17.8 Å². The number of hydrogen-bond donors (Lipinski definition) is 2. The van der Waals surface area contributed by atoms with Gasteiger partial charge >= 0.3 is 0 Å². The van der Waals surface area contributed by atoms with Crippen LogP contribution >= 0.6 is 11.3 Å². The first-order chi connectivity index (χ1) is 9.33. The molecule has 98 valence electrons. The number of fused-ring (bicyclic) bond motifs is 1. The van der Waals surface area contributed by atoms with E-state index in [1.165, 1.54) is 11.1 Å². The molecule has 0 radical (unpaired) electrons. The van der Waals surface area contributed by atoms with Crippen molar-refractivity contribution in [3.8, 4) is 0 Å². The zero-order valence-corrected chi connectivity index (χ0v) is 11.4. The van der Waals surface area contributed by atoms with E-state index in [0.29, 0.717) is 0 Å².